The number of carbonyl (C=O) groups is 2. The largest absolute Gasteiger partial charge is 0.497 e. The van der Waals surface area contributed by atoms with Gasteiger partial charge in [-0.3, -0.25) is 9.59 Å². The normalized spacial score (nSPS) is 11.8. The molecule has 2 aromatic heterocycles. The minimum Gasteiger partial charge on any atom is -0.497 e. The second-order valence-corrected chi connectivity index (χ2v) is 8.13. The SMILES string of the molecule is CCOC(=O)CC(NC(=O)c1sc2nc(COC)nc(OC)c2c1C)c1cccc(OC)c1. The standard InChI is InChI=1S/C23H27N3O6S/c1-6-32-18(27)11-16(14-8-7-9-15(10-14)30-4)24-21(28)20-13(2)19-22(31-5)25-17(12-29-3)26-23(19)33-20/h7-10,16H,6,11-12H2,1-5H3,(H,24,28). The third-order valence-electron chi connectivity index (χ3n) is 4.95. The number of hydrogen-bond donors (Lipinski definition) is 1. The van der Waals surface area contributed by atoms with Crippen LogP contribution in [0.5, 0.6) is 11.6 Å². The molecule has 0 saturated carbocycles. The van der Waals surface area contributed by atoms with Gasteiger partial charge in [-0.05, 0) is 37.1 Å². The molecule has 0 aliphatic heterocycles. The lowest BCUT2D eigenvalue weighted by Crippen LogP contribution is -2.30. The number of hydrogen-bond acceptors (Lipinski definition) is 9. The van der Waals surface area contributed by atoms with Crippen LogP contribution in [-0.2, 0) is 20.9 Å². The molecule has 1 unspecified atom stereocenters. The highest BCUT2D eigenvalue weighted by molar-refractivity contribution is 7.20. The molecule has 0 radical (unpaired) electrons. The lowest BCUT2D eigenvalue weighted by Gasteiger charge is -2.19. The molecule has 10 heteroatoms. The molecular weight excluding hydrogens is 446 g/mol. The fourth-order valence-corrected chi connectivity index (χ4v) is 4.52. The van der Waals surface area contributed by atoms with Crippen LogP contribution in [-0.4, -0.2) is 49.8 Å². The number of thiophene rings is 1. The van der Waals surface area contributed by atoms with Crippen LogP contribution in [0.25, 0.3) is 10.2 Å². The Bertz CT molecular complexity index is 1150. The Morgan fingerprint density at radius 1 is 1.15 bits per heavy atom. The van der Waals surface area contributed by atoms with Gasteiger partial charge in [0.05, 0.1) is 43.6 Å². The zero-order valence-corrected chi connectivity index (χ0v) is 20.1. The molecule has 9 nitrogen and oxygen atoms in total. The van der Waals surface area contributed by atoms with E-state index < -0.39 is 12.0 Å². The summed E-state index contributed by atoms with van der Waals surface area (Å²) in [5, 5.41) is 3.65. The van der Waals surface area contributed by atoms with E-state index in [0.717, 1.165) is 5.56 Å². The van der Waals surface area contributed by atoms with Gasteiger partial charge in [-0.1, -0.05) is 12.1 Å². The van der Waals surface area contributed by atoms with Crippen LogP contribution < -0.4 is 14.8 Å². The monoisotopic (exact) mass is 473 g/mol. The summed E-state index contributed by atoms with van der Waals surface area (Å²) in [5.74, 6) is 0.736. The Kier molecular flexibility index (Phi) is 8.18. The van der Waals surface area contributed by atoms with Gasteiger partial charge in [-0.25, -0.2) is 4.98 Å². The summed E-state index contributed by atoms with van der Waals surface area (Å²) in [7, 11) is 4.64. The highest BCUT2D eigenvalue weighted by Gasteiger charge is 2.25. The molecule has 0 bridgehead atoms. The van der Waals surface area contributed by atoms with Crippen LogP contribution in [0.1, 0.15) is 46.0 Å². The highest BCUT2D eigenvalue weighted by atomic mass is 32.1. The van der Waals surface area contributed by atoms with Crippen molar-refractivity contribution in [1.82, 2.24) is 15.3 Å². The van der Waals surface area contributed by atoms with Crippen LogP contribution in [0.3, 0.4) is 0 Å². The van der Waals surface area contributed by atoms with Crippen molar-refractivity contribution < 1.29 is 28.5 Å². The van der Waals surface area contributed by atoms with E-state index in [0.29, 0.717) is 38.1 Å². The fraction of sp³-hybridized carbons (Fsp3) is 0.391. The van der Waals surface area contributed by atoms with Gasteiger partial charge < -0.3 is 24.3 Å². The summed E-state index contributed by atoms with van der Waals surface area (Å²) in [6, 6.07) is 6.61. The van der Waals surface area contributed by atoms with Gasteiger partial charge in [0.1, 0.15) is 17.2 Å². The number of esters is 1. The van der Waals surface area contributed by atoms with Crippen molar-refractivity contribution in [2.24, 2.45) is 0 Å². The number of methoxy groups -OCH3 is 3. The quantitative estimate of drug-likeness (QED) is 0.445. The molecule has 3 aromatic rings. The Morgan fingerprint density at radius 2 is 1.94 bits per heavy atom. The van der Waals surface area contributed by atoms with E-state index in [2.05, 4.69) is 15.3 Å². The van der Waals surface area contributed by atoms with Crippen LogP contribution in [0.4, 0.5) is 0 Å². The Labute approximate surface area is 196 Å². The first kappa shape index (κ1) is 24.4. The lowest BCUT2D eigenvalue weighted by atomic mass is 10.0. The molecule has 0 fully saturated rings. The van der Waals surface area contributed by atoms with Gasteiger partial charge in [0.25, 0.3) is 5.91 Å². The molecule has 0 aliphatic carbocycles. The first-order valence-electron chi connectivity index (χ1n) is 10.3. The summed E-state index contributed by atoms with van der Waals surface area (Å²) < 4.78 is 21.0. The van der Waals surface area contributed by atoms with E-state index in [4.69, 9.17) is 18.9 Å². The summed E-state index contributed by atoms with van der Waals surface area (Å²) >= 11 is 1.24. The number of aromatic nitrogens is 2. The maximum absolute atomic E-state index is 13.3. The van der Waals surface area contributed by atoms with Crippen molar-refractivity contribution >= 4 is 33.4 Å². The van der Waals surface area contributed by atoms with Gasteiger partial charge in [0, 0.05) is 7.11 Å². The Hall–Kier alpha value is -3.24. The predicted molar refractivity (Wildman–Crippen MR) is 124 cm³/mol. The molecule has 33 heavy (non-hydrogen) atoms. The third kappa shape index (κ3) is 5.58. The highest BCUT2D eigenvalue weighted by Crippen LogP contribution is 2.35. The van der Waals surface area contributed by atoms with Gasteiger partial charge >= 0.3 is 5.97 Å². The molecule has 3 rings (SSSR count). The number of ether oxygens (including phenoxy) is 4. The number of aryl methyl sites for hydroxylation is 1. The maximum Gasteiger partial charge on any atom is 0.308 e. The van der Waals surface area contributed by atoms with E-state index in [1.807, 2.05) is 13.0 Å². The number of nitrogens with one attached hydrogen (secondary N) is 1. The van der Waals surface area contributed by atoms with Crippen molar-refractivity contribution in [3.63, 3.8) is 0 Å². The van der Waals surface area contributed by atoms with Gasteiger partial charge in [-0.2, -0.15) is 4.98 Å². The zero-order chi connectivity index (χ0) is 24.0. The van der Waals surface area contributed by atoms with Crippen LogP contribution in [0, 0.1) is 6.92 Å². The summed E-state index contributed by atoms with van der Waals surface area (Å²) in [5.41, 5.74) is 1.43. The van der Waals surface area contributed by atoms with Crippen molar-refractivity contribution in [2.75, 3.05) is 27.9 Å². The Morgan fingerprint density at radius 3 is 2.61 bits per heavy atom. The van der Waals surface area contributed by atoms with E-state index >= 15 is 0 Å². The second kappa shape index (κ2) is 11.1. The zero-order valence-electron chi connectivity index (χ0n) is 19.3. The van der Waals surface area contributed by atoms with Gasteiger partial charge in [-0.15, -0.1) is 11.3 Å². The van der Waals surface area contributed by atoms with Crippen molar-refractivity contribution in [2.45, 2.75) is 32.9 Å². The number of nitrogens with zero attached hydrogens (tertiary/aromatic N) is 2. The van der Waals surface area contributed by atoms with Crippen molar-refractivity contribution in [3.05, 3.63) is 46.1 Å². The Balaban J connectivity index is 1.96. The summed E-state index contributed by atoms with van der Waals surface area (Å²) in [6.45, 7) is 4.04. The van der Waals surface area contributed by atoms with E-state index in [9.17, 15) is 9.59 Å². The number of amides is 1. The molecule has 0 aliphatic rings. The van der Waals surface area contributed by atoms with Gasteiger partial charge in [0.2, 0.25) is 5.88 Å². The lowest BCUT2D eigenvalue weighted by molar-refractivity contribution is -0.143. The van der Waals surface area contributed by atoms with E-state index in [1.54, 1.807) is 39.3 Å². The molecule has 2 heterocycles. The first-order chi connectivity index (χ1) is 15.9. The van der Waals surface area contributed by atoms with Crippen LogP contribution >= 0.6 is 11.3 Å². The fourth-order valence-electron chi connectivity index (χ4n) is 3.42. The average molecular weight is 474 g/mol. The molecular formula is C23H27N3O6S. The number of rotatable bonds is 10. The molecule has 176 valence electrons. The third-order valence-corrected chi connectivity index (χ3v) is 6.14. The minimum atomic E-state index is -0.603. The number of carbonyl (C=O) groups excluding carboxylic acids is 2. The minimum absolute atomic E-state index is 0.0161. The van der Waals surface area contributed by atoms with E-state index in [1.165, 1.54) is 18.4 Å². The smallest absolute Gasteiger partial charge is 0.308 e. The summed E-state index contributed by atoms with van der Waals surface area (Å²) in [4.78, 5) is 35.5. The molecule has 0 saturated heterocycles. The van der Waals surface area contributed by atoms with Crippen LogP contribution in [0.15, 0.2) is 24.3 Å². The first-order valence-corrected chi connectivity index (χ1v) is 11.2. The molecule has 1 amide bonds. The summed E-state index contributed by atoms with van der Waals surface area (Å²) in [6.07, 6.45) is -0.0161. The maximum atomic E-state index is 13.3. The number of fused-ring (bicyclic) bond motifs is 1. The molecule has 1 N–H and O–H groups in total. The molecule has 1 aromatic carbocycles. The van der Waals surface area contributed by atoms with Crippen molar-refractivity contribution in [3.8, 4) is 11.6 Å². The predicted octanol–water partition coefficient (Wildman–Crippen LogP) is 3.59. The second-order valence-electron chi connectivity index (χ2n) is 7.13. The van der Waals surface area contributed by atoms with E-state index in [-0.39, 0.29) is 25.5 Å². The van der Waals surface area contributed by atoms with Gasteiger partial charge in [0.15, 0.2) is 5.82 Å². The molecule has 1 atom stereocenters. The molecule has 0 spiro atoms. The average Bonchev–Trinajstić information content (AvgIpc) is 3.15. The topological polar surface area (TPSA) is 109 Å². The number of benzene rings is 1. The van der Waals surface area contributed by atoms with Crippen LogP contribution in [0.2, 0.25) is 0 Å². The van der Waals surface area contributed by atoms with Crippen molar-refractivity contribution in [1.29, 1.82) is 0 Å².